The Morgan fingerprint density at radius 1 is 1.30 bits per heavy atom. The first kappa shape index (κ1) is 13.4. The van der Waals surface area contributed by atoms with E-state index in [0.717, 1.165) is 18.9 Å². The second kappa shape index (κ2) is 4.47. The van der Waals surface area contributed by atoms with Crippen molar-refractivity contribution in [1.29, 1.82) is 0 Å². The Morgan fingerprint density at radius 2 is 2.00 bits per heavy atom. The lowest BCUT2D eigenvalue weighted by Gasteiger charge is -2.12. The highest BCUT2D eigenvalue weighted by atomic mass is 79.9. The molecule has 1 fully saturated rings. The molecular weight excluding hydrogens is 337 g/mol. The molecule has 0 radical (unpaired) electrons. The Hall–Kier alpha value is -1.57. The lowest BCUT2D eigenvalue weighted by molar-refractivity contribution is -0.138. The molecule has 2 N–H and O–H groups in total. The minimum absolute atomic E-state index is 0.00481. The van der Waals surface area contributed by atoms with Gasteiger partial charge in [-0.15, -0.1) is 5.10 Å². The average Bonchev–Trinajstić information content (AvgIpc) is 3.12. The molecule has 4 nitrogen and oxygen atoms in total. The second-order valence-electron chi connectivity index (χ2n) is 4.71. The van der Waals surface area contributed by atoms with E-state index >= 15 is 0 Å². The third-order valence-corrected chi connectivity index (χ3v) is 3.89. The van der Waals surface area contributed by atoms with Gasteiger partial charge >= 0.3 is 6.18 Å². The van der Waals surface area contributed by atoms with Gasteiger partial charge < -0.3 is 5.73 Å². The third kappa shape index (κ3) is 2.28. The summed E-state index contributed by atoms with van der Waals surface area (Å²) in [4.78, 5) is 0. The van der Waals surface area contributed by atoms with Gasteiger partial charge in [0.1, 0.15) is 0 Å². The molecule has 20 heavy (non-hydrogen) atoms. The predicted molar refractivity (Wildman–Crippen MR) is 70.4 cm³/mol. The molecule has 2 aromatic rings. The summed E-state index contributed by atoms with van der Waals surface area (Å²) in [6, 6.07) is 3.95. The Labute approximate surface area is 120 Å². The van der Waals surface area contributed by atoms with Gasteiger partial charge in [0.2, 0.25) is 0 Å². The maximum Gasteiger partial charge on any atom is 0.417 e. The monoisotopic (exact) mass is 346 g/mol. The van der Waals surface area contributed by atoms with Crippen molar-refractivity contribution in [3.05, 3.63) is 33.9 Å². The minimum Gasteiger partial charge on any atom is -0.381 e. The molecule has 1 aromatic carbocycles. The summed E-state index contributed by atoms with van der Waals surface area (Å²) in [7, 11) is 0. The molecule has 0 bridgehead atoms. The molecule has 1 saturated carbocycles. The maximum atomic E-state index is 12.9. The predicted octanol–water partition coefficient (Wildman–Crippen LogP) is 3.51. The molecule has 106 valence electrons. The normalized spacial score (nSPS) is 15.6. The number of rotatable bonds is 2. The summed E-state index contributed by atoms with van der Waals surface area (Å²) in [5.41, 5.74) is 6.01. The molecular formula is C12H10BrF3N4. The lowest BCUT2D eigenvalue weighted by atomic mass is 10.2. The van der Waals surface area contributed by atoms with Crippen LogP contribution in [-0.4, -0.2) is 15.0 Å². The van der Waals surface area contributed by atoms with Crippen LogP contribution in [0.2, 0.25) is 0 Å². The summed E-state index contributed by atoms with van der Waals surface area (Å²) >= 11 is 2.91. The number of alkyl halides is 3. The summed E-state index contributed by atoms with van der Waals surface area (Å²) < 4.78 is 40.2. The van der Waals surface area contributed by atoms with Crippen molar-refractivity contribution in [2.75, 3.05) is 5.73 Å². The third-order valence-electron chi connectivity index (χ3n) is 3.20. The van der Waals surface area contributed by atoms with Gasteiger partial charge in [-0.2, -0.15) is 13.2 Å². The van der Waals surface area contributed by atoms with Gasteiger partial charge in [-0.05, 0) is 31.0 Å². The number of nitrogen functional groups attached to an aromatic ring is 1. The number of benzene rings is 1. The first-order chi connectivity index (χ1) is 9.38. The number of halogens is 4. The fourth-order valence-corrected chi connectivity index (χ4v) is 2.56. The van der Waals surface area contributed by atoms with Crippen LogP contribution in [0.25, 0.3) is 5.69 Å². The van der Waals surface area contributed by atoms with Gasteiger partial charge in [-0.1, -0.05) is 21.1 Å². The number of anilines is 1. The van der Waals surface area contributed by atoms with E-state index in [0.29, 0.717) is 11.4 Å². The van der Waals surface area contributed by atoms with Gasteiger partial charge in [0.15, 0.2) is 5.82 Å². The first-order valence-corrected chi connectivity index (χ1v) is 6.75. The van der Waals surface area contributed by atoms with E-state index < -0.39 is 11.7 Å². The van der Waals surface area contributed by atoms with Crippen molar-refractivity contribution < 1.29 is 13.2 Å². The Balaban J connectivity index is 2.11. The highest BCUT2D eigenvalue weighted by Gasteiger charge is 2.35. The molecule has 0 saturated heterocycles. The molecule has 8 heteroatoms. The SMILES string of the molecule is Nc1nnn(-c2ccc(Br)c(C(F)(F)F)c2)c1C1CC1. The van der Waals surface area contributed by atoms with Crippen LogP contribution in [0.5, 0.6) is 0 Å². The van der Waals surface area contributed by atoms with E-state index in [2.05, 4.69) is 26.2 Å². The first-order valence-electron chi connectivity index (χ1n) is 5.96. The highest BCUT2D eigenvalue weighted by molar-refractivity contribution is 9.10. The van der Waals surface area contributed by atoms with Crippen molar-refractivity contribution in [3.8, 4) is 5.69 Å². The van der Waals surface area contributed by atoms with E-state index in [1.165, 1.54) is 10.7 Å². The van der Waals surface area contributed by atoms with Gasteiger partial charge in [0.05, 0.1) is 16.9 Å². The van der Waals surface area contributed by atoms with Gasteiger partial charge in [0.25, 0.3) is 0 Å². The molecule has 0 unspecified atom stereocenters. The summed E-state index contributed by atoms with van der Waals surface area (Å²) in [5, 5.41) is 7.63. The van der Waals surface area contributed by atoms with Gasteiger partial charge in [-0.3, -0.25) is 0 Å². The number of hydrogen-bond acceptors (Lipinski definition) is 3. The number of hydrogen-bond donors (Lipinski definition) is 1. The Morgan fingerprint density at radius 3 is 2.60 bits per heavy atom. The smallest absolute Gasteiger partial charge is 0.381 e. The number of nitrogens with zero attached hydrogens (tertiary/aromatic N) is 3. The quantitative estimate of drug-likeness (QED) is 0.905. The van der Waals surface area contributed by atoms with Crippen LogP contribution in [0, 0.1) is 0 Å². The van der Waals surface area contributed by atoms with E-state index in [4.69, 9.17) is 5.73 Å². The van der Waals surface area contributed by atoms with Crippen molar-refractivity contribution in [2.24, 2.45) is 0 Å². The summed E-state index contributed by atoms with van der Waals surface area (Å²) in [6.07, 6.45) is -2.51. The molecule has 0 aliphatic heterocycles. The molecule has 0 atom stereocenters. The standard InChI is InChI=1S/C12H10BrF3N4/c13-9-4-3-7(5-8(9)12(14,15)16)20-10(6-1-2-6)11(17)18-19-20/h3-6H,1-2,17H2. The van der Waals surface area contributed by atoms with E-state index in [9.17, 15) is 13.2 Å². The van der Waals surface area contributed by atoms with Crippen molar-refractivity contribution >= 4 is 21.7 Å². The van der Waals surface area contributed by atoms with Crippen molar-refractivity contribution in [3.63, 3.8) is 0 Å². The van der Waals surface area contributed by atoms with Crippen molar-refractivity contribution in [2.45, 2.75) is 24.9 Å². The van der Waals surface area contributed by atoms with Gasteiger partial charge in [-0.25, -0.2) is 4.68 Å². The summed E-state index contributed by atoms with van der Waals surface area (Å²) in [6.45, 7) is 0. The van der Waals surface area contributed by atoms with Gasteiger partial charge in [0, 0.05) is 10.4 Å². The van der Waals surface area contributed by atoms with Crippen LogP contribution in [0.15, 0.2) is 22.7 Å². The summed E-state index contributed by atoms with van der Waals surface area (Å²) in [5.74, 6) is 0.520. The zero-order chi connectivity index (χ0) is 14.5. The fourth-order valence-electron chi connectivity index (χ4n) is 2.09. The molecule has 1 heterocycles. The Kier molecular flexibility index (Phi) is 3.00. The molecule has 1 aromatic heterocycles. The zero-order valence-corrected chi connectivity index (χ0v) is 11.7. The van der Waals surface area contributed by atoms with Crippen LogP contribution in [0.3, 0.4) is 0 Å². The van der Waals surface area contributed by atoms with Crippen LogP contribution in [0.1, 0.15) is 30.0 Å². The van der Waals surface area contributed by atoms with Crippen LogP contribution in [0.4, 0.5) is 19.0 Å². The van der Waals surface area contributed by atoms with Crippen molar-refractivity contribution in [1.82, 2.24) is 15.0 Å². The zero-order valence-electron chi connectivity index (χ0n) is 10.2. The van der Waals surface area contributed by atoms with Crippen LogP contribution < -0.4 is 5.73 Å². The topological polar surface area (TPSA) is 56.7 Å². The molecule has 0 spiro atoms. The maximum absolute atomic E-state index is 12.9. The fraction of sp³-hybridized carbons (Fsp3) is 0.333. The van der Waals surface area contributed by atoms with E-state index in [1.54, 1.807) is 6.07 Å². The molecule has 0 amide bonds. The van der Waals surface area contributed by atoms with Crippen LogP contribution >= 0.6 is 15.9 Å². The number of nitrogens with two attached hydrogens (primary N) is 1. The van der Waals surface area contributed by atoms with E-state index in [-0.39, 0.29) is 16.2 Å². The second-order valence-corrected chi connectivity index (χ2v) is 5.56. The molecule has 3 rings (SSSR count). The molecule has 1 aliphatic rings. The average molecular weight is 347 g/mol. The van der Waals surface area contributed by atoms with Crippen LogP contribution in [-0.2, 0) is 6.18 Å². The van der Waals surface area contributed by atoms with E-state index in [1.807, 2.05) is 0 Å². The largest absolute Gasteiger partial charge is 0.417 e. The lowest BCUT2D eigenvalue weighted by Crippen LogP contribution is -2.09. The Bertz CT molecular complexity index is 661. The number of aromatic nitrogens is 3. The molecule has 1 aliphatic carbocycles. The minimum atomic E-state index is -4.43. The highest BCUT2D eigenvalue weighted by Crippen LogP contribution is 2.43.